The highest BCUT2D eigenvalue weighted by Crippen LogP contribution is 2.56. The number of alkyl halides is 9. The highest BCUT2D eigenvalue weighted by atomic mass is 19.4. The number of hydrogen-bond acceptors (Lipinski definition) is 2. The smallest absolute Gasteiger partial charge is 0.460 e. The van der Waals surface area contributed by atoms with E-state index in [1.165, 1.54) is 0 Å². The fourth-order valence-electron chi connectivity index (χ4n) is 3.91. The van der Waals surface area contributed by atoms with Crippen LogP contribution in [0.4, 0.5) is 39.5 Å². The van der Waals surface area contributed by atoms with E-state index in [1.54, 1.807) is 0 Å². The average molecular weight is 472 g/mol. The number of hydrogen-bond donors (Lipinski definition) is 0. The van der Waals surface area contributed by atoms with Crippen molar-refractivity contribution in [1.82, 2.24) is 0 Å². The third kappa shape index (κ3) is 4.16. The maximum absolute atomic E-state index is 13.9. The van der Waals surface area contributed by atoms with Gasteiger partial charge in [0.05, 0.1) is 12.2 Å². The van der Waals surface area contributed by atoms with Crippen molar-refractivity contribution >= 4 is 5.97 Å². The lowest BCUT2D eigenvalue weighted by Gasteiger charge is -2.33. The molecule has 0 bridgehead atoms. The number of carbonyl (C=O) groups excluding carboxylic acids is 1. The van der Waals surface area contributed by atoms with Crippen LogP contribution in [0.2, 0.25) is 0 Å². The minimum absolute atomic E-state index is 0.0575. The number of benzene rings is 1. The van der Waals surface area contributed by atoms with E-state index in [0.29, 0.717) is 24.0 Å². The number of fused-ring (bicyclic) bond motifs is 1. The lowest BCUT2D eigenvalue weighted by Crippen LogP contribution is -2.59. The molecule has 1 aromatic rings. The Morgan fingerprint density at radius 3 is 1.81 bits per heavy atom. The zero-order valence-electron chi connectivity index (χ0n) is 16.3. The molecular weight excluding hydrogens is 455 g/mol. The molecule has 3 atom stereocenters. The number of rotatable bonds is 6. The molecule has 2 aliphatic carbocycles. The molecule has 0 aliphatic heterocycles. The van der Waals surface area contributed by atoms with Gasteiger partial charge in [-0.15, -0.1) is 11.8 Å². The van der Waals surface area contributed by atoms with Gasteiger partial charge in [-0.1, -0.05) is 12.1 Å². The maximum Gasteiger partial charge on any atom is 0.460 e. The lowest BCUT2D eigenvalue weighted by molar-refractivity contribution is -0.399. The molecule has 176 valence electrons. The molecule has 1 unspecified atom stereocenters. The number of carbonyl (C=O) groups is 1. The lowest BCUT2D eigenvalue weighted by atomic mass is 9.96. The molecule has 0 spiro atoms. The summed E-state index contributed by atoms with van der Waals surface area (Å²) in [4.78, 5) is 12.1. The molecule has 1 saturated carbocycles. The van der Waals surface area contributed by atoms with Gasteiger partial charge in [0.25, 0.3) is 0 Å². The molecule has 1 fully saturated rings. The Balaban J connectivity index is 1.66. The van der Waals surface area contributed by atoms with Crippen LogP contribution < -0.4 is 0 Å². The van der Waals surface area contributed by atoms with Gasteiger partial charge in [-0.2, -0.15) is 39.5 Å². The summed E-state index contributed by atoms with van der Waals surface area (Å²) in [5.41, 5.74) is -2.14. The van der Waals surface area contributed by atoms with E-state index >= 15 is 0 Å². The van der Waals surface area contributed by atoms with E-state index in [2.05, 4.69) is 11.8 Å². The van der Waals surface area contributed by atoms with Gasteiger partial charge >= 0.3 is 29.9 Å². The van der Waals surface area contributed by atoms with E-state index in [-0.39, 0.29) is 30.2 Å². The Bertz CT molecular complexity index is 892. The van der Waals surface area contributed by atoms with E-state index in [0.717, 1.165) is 25.7 Å². The minimum atomic E-state index is -6.98. The monoisotopic (exact) mass is 472 g/mol. The summed E-state index contributed by atoms with van der Waals surface area (Å²) in [6, 6.07) is 1.60. The van der Waals surface area contributed by atoms with Gasteiger partial charge < -0.3 is 4.74 Å². The summed E-state index contributed by atoms with van der Waals surface area (Å²) in [5, 5.41) is 0. The predicted molar refractivity (Wildman–Crippen MR) is 93.3 cm³/mol. The molecule has 32 heavy (non-hydrogen) atoms. The molecular formula is C21H17F9O2. The summed E-state index contributed by atoms with van der Waals surface area (Å²) < 4.78 is 123. The first kappa shape index (κ1) is 24.3. The number of ether oxygens (including phenoxy) is 1. The second-order valence-electron chi connectivity index (χ2n) is 7.82. The molecule has 1 aromatic carbocycles. The first-order valence-corrected chi connectivity index (χ1v) is 9.65. The Hall–Kier alpha value is -2.38. The summed E-state index contributed by atoms with van der Waals surface area (Å²) in [7, 11) is 0. The molecule has 11 heteroatoms. The first-order valence-electron chi connectivity index (χ1n) is 9.65. The van der Waals surface area contributed by atoms with E-state index in [4.69, 9.17) is 4.74 Å². The Labute approximate surface area is 177 Å². The Morgan fingerprint density at radius 1 is 0.844 bits per heavy atom. The molecule has 0 radical (unpaired) electrons. The fraction of sp³-hybridized carbons (Fsp3) is 0.571. The largest absolute Gasteiger partial charge is 0.462 e. The molecule has 2 aliphatic rings. The van der Waals surface area contributed by atoms with Crippen LogP contribution in [0.3, 0.4) is 0 Å². The molecule has 2 nitrogen and oxygen atoms in total. The van der Waals surface area contributed by atoms with Gasteiger partial charge in [0.2, 0.25) is 0 Å². The predicted octanol–water partition coefficient (Wildman–Crippen LogP) is 6.21. The fourth-order valence-corrected chi connectivity index (χ4v) is 3.91. The molecule has 3 rings (SSSR count). The third-order valence-electron chi connectivity index (χ3n) is 5.87. The molecule has 0 N–H and O–H groups in total. The van der Waals surface area contributed by atoms with Gasteiger partial charge in [-0.05, 0) is 42.7 Å². The SMILES string of the molecule is O=C(OCC1[C@H]2CCC#CCC[C@@H]12)c1ccc(C(F)(F)C(F)(F)C(F)(F)C(F)(F)F)cc1. The quantitative estimate of drug-likeness (QED) is 0.280. The van der Waals surface area contributed by atoms with Crippen molar-refractivity contribution in [2.24, 2.45) is 17.8 Å². The maximum atomic E-state index is 13.9. The van der Waals surface area contributed by atoms with Crippen LogP contribution in [0.25, 0.3) is 0 Å². The van der Waals surface area contributed by atoms with Gasteiger partial charge in [0, 0.05) is 18.4 Å². The normalized spacial score (nSPS) is 23.8. The van der Waals surface area contributed by atoms with Crippen LogP contribution in [0.15, 0.2) is 24.3 Å². The van der Waals surface area contributed by atoms with Crippen molar-refractivity contribution in [1.29, 1.82) is 0 Å². The van der Waals surface area contributed by atoms with Crippen molar-refractivity contribution in [3.05, 3.63) is 35.4 Å². The average Bonchev–Trinajstić information content (AvgIpc) is 3.34. The van der Waals surface area contributed by atoms with Gasteiger partial charge in [0.1, 0.15) is 0 Å². The zero-order chi connectivity index (χ0) is 23.9. The van der Waals surface area contributed by atoms with E-state index < -0.39 is 35.5 Å². The second kappa shape index (κ2) is 8.19. The highest BCUT2D eigenvalue weighted by molar-refractivity contribution is 5.89. The van der Waals surface area contributed by atoms with Crippen molar-refractivity contribution < 1.29 is 49.0 Å². The van der Waals surface area contributed by atoms with Crippen LogP contribution in [0.5, 0.6) is 0 Å². The van der Waals surface area contributed by atoms with Gasteiger partial charge in [-0.25, -0.2) is 4.79 Å². The van der Waals surface area contributed by atoms with E-state index in [1.807, 2.05) is 0 Å². The van der Waals surface area contributed by atoms with Crippen LogP contribution in [0, 0.1) is 29.6 Å². The minimum Gasteiger partial charge on any atom is -0.462 e. The standard InChI is InChI=1S/C21H17F9O2/c22-18(23,19(24,25)20(26,27)21(28,29)30)13-9-7-12(8-10-13)17(31)32-11-16-14-5-3-1-2-4-6-15(14)16/h7-10,14-16H,3-6,11H2/t14-,15+,16?. The Kier molecular flexibility index (Phi) is 6.21. The number of halogens is 9. The van der Waals surface area contributed by atoms with Crippen LogP contribution >= 0.6 is 0 Å². The molecule has 0 saturated heterocycles. The van der Waals surface area contributed by atoms with Crippen LogP contribution in [-0.2, 0) is 10.7 Å². The van der Waals surface area contributed by atoms with Gasteiger partial charge in [-0.3, -0.25) is 0 Å². The summed E-state index contributed by atoms with van der Waals surface area (Å²) >= 11 is 0. The topological polar surface area (TPSA) is 26.3 Å². The number of esters is 1. The summed E-state index contributed by atoms with van der Waals surface area (Å²) in [5.74, 6) is -13.7. The van der Waals surface area contributed by atoms with E-state index in [9.17, 15) is 44.3 Å². The van der Waals surface area contributed by atoms with Crippen LogP contribution in [0.1, 0.15) is 41.6 Å². The van der Waals surface area contributed by atoms with Gasteiger partial charge in [0.15, 0.2) is 0 Å². The summed E-state index contributed by atoms with van der Waals surface area (Å²) in [6.07, 6.45) is -3.70. The highest BCUT2D eigenvalue weighted by Gasteiger charge is 2.82. The molecule has 0 aromatic heterocycles. The van der Waals surface area contributed by atoms with Crippen molar-refractivity contribution in [2.45, 2.75) is 49.6 Å². The van der Waals surface area contributed by atoms with Crippen molar-refractivity contribution in [3.8, 4) is 11.8 Å². The molecule has 0 heterocycles. The Morgan fingerprint density at radius 2 is 1.34 bits per heavy atom. The van der Waals surface area contributed by atoms with Crippen molar-refractivity contribution in [3.63, 3.8) is 0 Å². The summed E-state index contributed by atoms with van der Waals surface area (Å²) in [6.45, 7) is 0.0575. The zero-order valence-corrected chi connectivity index (χ0v) is 16.3. The third-order valence-corrected chi connectivity index (χ3v) is 5.87. The molecule has 0 amide bonds. The van der Waals surface area contributed by atoms with Crippen LogP contribution in [-0.4, -0.2) is 30.6 Å². The second-order valence-corrected chi connectivity index (χ2v) is 7.82. The van der Waals surface area contributed by atoms with Crippen molar-refractivity contribution in [2.75, 3.05) is 6.61 Å². The first-order chi connectivity index (χ1) is 14.7.